The van der Waals surface area contributed by atoms with Crippen LogP contribution >= 0.6 is 0 Å². The number of aromatic nitrogens is 2. The number of amides is 1. The Balaban J connectivity index is 1.91. The van der Waals surface area contributed by atoms with E-state index < -0.39 is 28.4 Å². The van der Waals surface area contributed by atoms with Crippen molar-refractivity contribution in [1.82, 2.24) is 15.5 Å². The quantitative estimate of drug-likeness (QED) is 0.408. The molecule has 0 bridgehead atoms. The number of methoxy groups -OCH3 is 3. The van der Waals surface area contributed by atoms with E-state index in [1.165, 1.54) is 51.7 Å². The minimum atomic E-state index is -0.803. The molecular weight excluding hydrogens is 427 g/mol. The fourth-order valence-corrected chi connectivity index (χ4v) is 2.96. The van der Waals surface area contributed by atoms with Crippen LogP contribution in [0.15, 0.2) is 34.9 Å². The lowest BCUT2D eigenvalue weighted by Gasteiger charge is -2.15. The third kappa shape index (κ3) is 4.29. The van der Waals surface area contributed by atoms with Crippen LogP contribution in [0.3, 0.4) is 0 Å². The van der Waals surface area contributed by atoms with E-state index >= 15 is 0 Å². The third-order valence-corrected chi connectivity index (χ3v) is 4.49. The highest BCUT2D eigenvalue weighted by Crippen LogP contribution is 2.46. The molecule has 1 atom stereocenters. The Kier molecular flexibility index (Phi) is 6.52. The molecule has 32 heavy (non-hydrogen) atoms. The monoisotopic (exact) mass is 446 g/mol. The number of carbonyl (C=O) groups excluding carboxylic acids is 1. The van der Waals surface area contributed by atoms with Crippen LogP contribution in [0.5, 0.6) is 17.2 Å². The van der Waals surface area contributed by atoms with Gasteiger partial charge >= 0.3 is 5.69 Å². The van der Waals surface area contributed by atoms with Gasteiger partial charge in [0.2, 0.25) is 23.2 Å². The third-order valence-electron chi connectivity index (χ3n) is 4.49. The number of nitro benzene ring substituents is 1. The van der Waals surface area contributed by atoms with Gasteiger partial charge in [0.25, 0.3) is 5.91 Å². The molecular formula is C20H19FN4O7. The zero-order valence-corrected chi connectivity index (χ0v) is 17.5. The highest BCUT2D eigenvalue weighted by molar-refractivity contribution is 6.00. The highest BCUT2D eigenvalue weighted by Gasteiger charge is 2.33. The number of nitrogens with one attached hydrogen (secondary N) is 1. The van der Waals surface area contributed by atoms with Crippen LogP contribution in [-0.4, -0.2) is 42.3 Å². The molecule has 12 heteroatoms. The summed E-state index contributed by atoms with van der Waals surface area (Å²) in [5, 5.41) is 18.1. The minimum absolute atomic E-state index is 0.0212. The molecule has 2 aromatic carbocycles. The normalized spacial score (nSPS) is 11.5. The van der Waals surface area contributed by atoms with Gasteiger partial charge in [-0.15, -0.1) is 0 Å². The lowest BCUT2D eigenvalue weighted by molar-refractivity contribution is -0.386. The van der Waals surface area contributed by atoms with Crippen molar-refractivity contribution in [2.75, 3.05) is 21.3 Å². The molecule has 0 spiro atoms. The van der Waals surface area contributed by atoms with Crippen molar-refractivity contribution in [2.24, 2.45) is 0 Å². The Hall–Kier alpha value is -4.22. The molecule has 0 aliphatic carbocycles. The summed E-state index contributed by atoms with van der Waals surface area (Å²) < 4.78 is 33.7. The average Bonchev–Trinajstić information content (AvgIpc) is 3.28. The van der Waals surface area contributed by atoms with E-state index in [0.29, 0.717) is 5.56 Å². The lowest BCUT2D eigenvalue weighted by atomic mass is 10.1. The number of benzene rings is 2. The maximum Gasteiger partial charge on any atom is 0.327 e. The number of halogens is 1. The van der Waals surface area contributed by atoms with Crippen molar-refractivity contribution in [3.05, 3.63) is 57.7 Å². The topological polar surface area (TPSA) is 139 Å². The maximum absolute atomic E-state index is 13.1. The molecule has 168 valence electrons. The molecule has 3 rings (SSSR count). The van der Waals surface area contributed by atoms with Crippen molar-refractivity contribution in [3.8, 4) is 28.6 Å². The first-order chi connectivity index (χ1) is 15.3. The summed E-state index contributed by atoms with van der Waals surface area (Å²) >= 11 is 0. The summed E-state index contributed by atoms with van der Waals surface area (Å²) in [6.45, 7) is 1.56. The van der Waals surface area contributed by atoms with E-state index in [9.17, 15) is 19.3 Å². The van der Waals surface area contributed by atoms with Crippen LogP contribution in [0.1, 0.15) is 29.2 Å². The molecule has 0 aliphatic rings. The highest BCUT2D eigenvalue weighted by atomic mass is 19.1. The van der Waals surface area contributed by atoms with Crippen LogP contribution in [-0.2, 0) is 0 Å². The number of nitrogens with zero attached hydrogens (tertiary/aromatic N) is 3. The standard InChI is InChI=1S/C20H19FN4O7/c1-10(20-23-18(24-32-20)11-5-7-12(21)8-6-11)22-19(26)13-9-14(29-2)16(30-3)17(31-4)15(13)25(27)28/h5-10H,1-4H3,(H,22,26). The summed E-state index contributed by atoms with van der Waals surface area (Å²) in [5.41, 5.74) is -0.387. The number of hydrogen-bond donors (Lipinski definition) is 1. The van der Waals surface area contributed by atoms with Gasteiger partial charge in [-0.1, -0.05) is 5.16 Å². The zero-order valence-electron chi connectivity index (χ0n) is 17.5. The second-order valence-corrected chi connectivity index (χ2v) is 6.46. The number of carbonyl (C=O) groups is 1. The maximum atomic E-state index is 13.1. The van der Waals surface area contributed by atoms with E-state index in [1.54, 1.807) is 6.92 Å². The van der Waals surface area contributed by atoms with E-state index in [0.717, 1.165) is 0 Å². The van der Waals surface area contributed by atoms with Crippen molar-refractivity contribution >= 4 is 11.6 Å². The molecule has 1 N–H and O–H groups in total. The zero-order chi connectivity index (χ0) is 23.4. The van der Waals surface area contributed by atoms with Crippen LogP contribution in [0.4, 0.5) is 10.1 Å². The van der Waals surface area contributed by atoms with Gasteiger partial charge in [-0.05, 0) is 31.2 Å². The second kappa shape index (κ2) is 9.29. The van der Waals surface area contributed by atoms with Crippen LogP contribution in [0.2, 0.25) is 0 Å². The Bertz CT molecular complexity index is 1150. The first-order valence-corrected chi connectivity index (χ1v) is 9.18. The smallest absolute Gasteiger partial charge is 0.327 e. The Morgan fingerprint density at radius 1 is 1.16 bits per heavy atom. The Morgan fingerprint density at radius 2 is 1.81 bits per heavy atom. The Morgan fingerprint density at radius 3 is 2.38 bits per heavy atom. The van der Waals surface area contributed by atoms with Gasteiger partial charge in [0.1, 0.15) is 17.4 Å². The van der Waals surface area contributed by atoms with E-state index in [4.69, 9.17) is 18.7 Å². The lowest BCUT2D eigenvalue weighted by Crippen LogP contribution is -2.27. The predicted octanol–water partition coefficient (Wildman–Crippen LogP) is 3.30. The minimum Gasteiger partial charge on any atom is -0.493 e. The first-order valence-electron chi connectivity index (χ1n) is 9.18. The van der Waals surface area contributed by atoms with Crippen LogP contribution < -0.4 is 19.5 Å². The molecule has 0 radical (unpaired) electrons. The summed E-state index contributed by atoms with van der Waals surface area (Å²) in [4.78, 5) is 28.0. The number of ether oxygens (including phenoxy) is 3. The molecule has 1 amide bonds. The van der Waals surface area contributed by atoms with E-state index in [-0.39, 0.29) is 34.5 Å². The summed E-state index contributed by atoms with van der Waals surface area (Å²) in [6.07, 6.45) is 0. The predicted molar refractivity (Wildman–Crippen MR) is 108 cm³/mol. The van der Waals surface area contributed by atoms with Crippen molar-refractivity contribution < 1.29 is 32.8 Å². The fraction of sp³-hybridized carbons (Fsp3) is 0.250. The molecule has 1 unspecified atom stereocenters. The van der Waals surface area contributed by atoms with Crippen LogP contribution in [0, 0.1) is 15.9 Å². The number of hydrogen-bond acceptors (Lipinski definition) is 9. The fourth-order valence-electron chi connectivity index (χ4n) is 2.96. The SMILES string of the molecule is COc1cc(C(=O)NC(C)c2nc(-c3ccc(F)cc3)no2)c([N+](=O)[O-])c(OC)c1OC. The molecule has 0 saturated heterocycles. The van der Waals surface area contributed by atoms with Gasteiger partial charge < -0.3 is 24.1 Å². The molecule has 11 nitrogen and oxygen atoms in total. The molecule has 0 fully saturated rings. The van der Waals surface area contributed by atoms with Gasteiger partial charge in [0, 0.05) is 11.6 Å². The summed E-state index contributed by atoms with van der Waals surface area (Å²) in [5.74, 6) is -1.18. The second-order valence-electron chi connectivity index (χ2n) is 6.46. The first kappa shape index (κ1) is 22.5. The molecule has 1 aromatic heterocycles. The molecule has 0 aliphatic heterocycles. The average molecular weight is 446 g/mol. The van der Waals surface area contributed by atoms with E-state index in [1.807, 2.05) is 0 Å². The van der Waals surface area contributed by atoms with Crippen molar-refractivity contribution in [1.29, 1.82) is 0 Å². The van der Waals surface area contributed by atoms with Crippen LogP contribution in [0.25, 0.3) is 11.4 Å². The van der Waals surface area contributed by atoms with E-state index in [2.05, 4.69) is 15.5 Å². The number of rotatable bonds is 8. The van der Waals surface area contributed by atoms with Gasteiger partial charge in [-0.25, -0.2) is 4.39 Å². The Labute approximate surface area is 181 Å². The largest absolute Gasteiger partial charge is 0.493 e. The molecule has 1 heterocycles. The molecule has 3 aromatic rings. The van der Waals surface area contributed by atoms with Crippen molar-refractivity contribution in [2.45, 2.75) is 13.0 Å². The van der Waals surface area contributed by atoms with Gasteiger partial charge in [0.15, 0.2) is 5.75 Å². The summed E-state index contributed by atoms with van der Waals surface area (Å²) in [6, 6.07) is 5.83. The van der Waals surface area contributed by atoms with Gasteiger partial charge in [-0.2, -0.15) is 4.98 Å². The summed E-state index contributed by atoms with van der Waals surface area (Å²) in [7, 11) is 3.83. The molecule has 0 saturated carbocycles. The van der Waals surface area contributed by atoms with Gasteiger partial charge in [-0.3, -0.25) is 14.9 Å². The number of nitro groups is 1. The van der Waals surface area contributed by atoms with Crippen molar-refractivity contribution in [3.63, 3.8) is 0 Å². The van der Waals surface area contributed by atoms with Gasteiger partial charge in [0.05, 0.1) is 26.3 Å².